The number of imidazole rings is 2. The molecule has 0 saturated heterocycles. The lowest BCUT2D eigenvalue weighted by molar-refractivity contribution is 0.304. The molecule has 1 aliphatic rings. The zero-order valence-electron chi connectivity index (χ0n) is 12.6. The third-order valence-electron chi connectivity index (χ3n) is 3.97. The van der Waals surface area contributed by atoms with Crippen LogP contribution >= 0.6 is 0 Å². The molecule has 2 N–H and O–H groups in total. The topological polar surface area (TPSA) is 60.6 Å². The van der Waals surface area contributed by atoms with Gasteiger partial charge in [0.1, 0.15) is 11.6 Å². The molecule has 0 bridgehead atoms. The molecule has 0 aliphatic heterocycles. The highest BCUT2D eigenvalue weighted by molar-refractivity contribution is 5.74. The van der Waals surface area contributed by atoms with Gasteiger partial charge in [-0.1, -0.05) is 18.2 Å². The number of benzene rings is 1. The van der Waals surface area contributed by atoms with E-state index in [1.54, 1.807) is 0 Å². The van der Waals surface area contributed by atoms with Gasteiger partial charge in [0.2, 0.25) is 0 Å². The van der Waals surface area contributed by atoms with Crippen LogP contribution in [0.1, 0.15) is 29.5 Å². The van der Waals surface area contributed by atoms with Crippen LogP contribution in [0.25, 0.3) is 17.1 Å². The maximum Gasteiger partial charge on any atom is 0.121 e. The number of rotatable bonds is 4. The summed E-state index contributed by atoms with van der Waals surface area (Å²) >= 11 is 0. The molecule has 2 aromatic heterocycles. The Bertz CT molecular complexity index is 794. The number of hydrogen-bond acceptors (Lipinski definition) is 3. The molecule has 0 saturated carbocycles. The molecule has 22 heavy (non-hydrogen) atoms. The molecule has 0 radical (unpaired) electrons. The summed E-state index contributed by atoms with van der Waals surface area (Å²) in [4.78, 5) is 18.3. The van der Waals surface area contributed by atoms with Gasteiger partial charge in [0.05, 0.1) is 29.8 Å². The van der Waals surface area contributed by atoms with E-state index in [0.29, 0.717) is 0 Å². The van der Waals surface area contributed by atoms with Crippen molar-refractivity contribution in [3.63, 3.8) is 0 Å². The lowest BCUT2D eigenvalue weighted by Crippen LogP contribution is -2.18. The first-order chi connectivity index (χ1) is 10.8. The molecule has 112 valence electrons. The van der Waals surface area contributed by atoms with Gasteiger partial charge in [0.15, 0.2) is 0 Å². The Morgan fingerprint density at radius 1 is 1.09 bits per heavy atom. The summed E-state index contributed by atoms with van der Waals surface area (Å²) in [6.07, 6.45) is 6.46. The maximum atomic E-state index is 4.66. The predicted molar refractivity (Wildman–Crippen MR) is 87.2 cm³/mol. The zero-order valence-corrected chi connectivity index (χ0v) is 12.6. The van der Waals surface area contributed by atoms with E-state index >= 15 is 0 Å². The van der Waals surface area contributed by atoms with Gasteiger partial charge in [0, 0.05) is 5.69 Å². The van der Waals surface area contributed by atoms with Crippen molar-refractivity contribution < 1.29 is 0 Å². The van der Waals surface area contributed by atoms with E-state index in [9.17, 15) is 0 Å². The van der Waals surface area contributed by atoms with E-state index in [2.05, 4.69) is 50.1 Å². The molecule has 0 spiro atoms. The number of hydrogen-bond donors (Lipinski definition) is 2. The minimum Gasteiger partial charge on any atom is -0.344 e. The Morgan fingerprint density at radius 3 is 2.73 bits per heavy atom. The second kappa shape index (κ2) is 5.42. The van der Waals surface area contributed by atoms with E-state index < -0.39 is 0 Å². The number of aromatic amines is 2. The van der Waals surface area contributed by atoms with Crippen molar-refractivity contribution in [1.29, 1.82) is 0 Å². The summed E-state index contributed by atoms with van der Waals surface area (Å²) in [5.41, 5.74) is 4.46. The molecule has 1 aromatic carbocycles. The monoisotopic (exact) mass is 293 g/mol. The molecule has 1 aliphatic carbocycles. The van der Waals surface area contributed by atoms with Gasteiger partial charge in [-0.3, -0.25) is 4.90 Å². The predicted octanol–water partition coefficient (Wildman–Crippen LogP) is 2.88. The molecule has 3 aromatic rings. The minimum atomic E-state index is 0.774. The molecule has 2 heterocycles. The van der Waals surface area contributed by atoms with Gasteiger partial charge in [-0.05, 0) is 38.1 Å². The number of fused-ring (bicyclic) bond motifs is 2. The largest absolute Gasteiger partial charge is 0.344 e. The number of H-pyrrole nitrogens is 2. The second-order valence-electron chi connectivity index (χ2n) is 5.86. The summed E-state index contributed by atoms with van der Waals surface area (Å²) < 4.78 is 0. The third-order valence-corrected chi connectivity index (χ3v) is 3.97. The fourth-order valence-electron chi connectivity index (χ4n) is 2.95. The van der Waals surface area contributed by atoms with E-state index in [0.717, 1.165) is 54.3 Å². The molecule has 5 nitrogen and oxygen atoms in total. The molecule has 0 atom stereocenters. The average Bonchev–Trinajstić information content (AvgIpc) is 3.08. The Kier molecular flexibility index (Phi) is 3.27. The first-order valence-electron chi connectivity index (χ1n) is 7.64. The van der Waals surface area contributed by atoms with E-state index in [1.807, 2.05) is 18.2 Å². The van der Waals surface area contributed by atoms with Crippen LogP contribution in [0.4, 0.5) is 0 Å². The van der Waals surface area contributed by atoms with E-state index in [-0.39, 0.29) is 0 Å². The van der Waals surface area contributed by atoms with Gasteiger partial charge in [-0.15, -0.1) is 0 Å². The number of nitrogens with zero attached hydrogens (tertiary/aromatic N) is 3. The van der Waals surface area contributed by atoms with Crippen LogP contribution in [-0.4, -0.2) is 31.9 Å². The van der Waals surface area contributed by atoms with E-state index in [1.165, 1.54) is 5.69 Å². The highest BCUT2D eigenvalue weighted by Gasteiger charge is 2.13. The third kappa shape index (κ3) is 2.55. The highest BCUT2D eigenvalue weighted by Crippen LogP contribution is 2.17. The van der Waals surface area contributed by atoms with E-state index in [4.69, 9.17) is 0 Å². The lowest BCUT2D eigenvalue weighted by atomic mass is 10.1. The van der Waals surface area contributed by atoms with Gasteiger partial charge in [0.25, 0.3) is 0 Å². The normalized spacial score (nSPS) is 13.9. The average molecular weight is 293 g/mol. The van der Waals surface area contributed by atoms with Crippen LogP contribution in [0.2, 0.25) is 0 Å². The number of aromatic nitrogens is 4. The number of para-hydroxylation sites is 2. The summed E-state index contributed by atoms with van der Waals surface area (Å²) in [5, 5.41) is 0. The van der Waals surface area contributed by atoms with Crippen molar-refractivity contribution in [2.45, 2.75) is 25.9 Å². The number of nitrogens with one attached hydrogen (secondary N) is 2. The smallest absolute Gasteiger partial charge is 0.121 e. The van der Waals surface area contributed by atoms with Gasteiger partial charge >= 0.3 is 0 Å². The van der Waals surface area contributed by atoms with Crippen molar-refractivity contribution >= 4 is 17.1 Å². The summed E-state index contributed by atoms with van der Waals surface area (Å²) in [6.45, 7) is 1.56. The van der Waals surface area contributed by atoms with Gasteiger partial charge in [-0.25, -0.2) is 9.97 Å². The van der Waals surface area contributed by atoms with Gasteiger partial charge < -0.3 is 9.97 Å². The molecule has 4 rings (SSSR count). The molecule has 0 fully saturated rings. The number of aryl methyl sites for hydroxylation is 1. The van der Waals surface area contributed by atoms with Crippen LogP contribution in [0, 0.1) is 0 Å². The van der Waals surface area contributed by atoms with Crippen LogP contribution in [0.3, 0.4) is 0 Å². The summed E-state index contributed by atoms with van der Waals surface area (Å²) in [5.74, 6) is 2.01. The van der Waals surface area contributed by atoms with Crippen molar-refractivity contribution in [2.75, 3.05) is 7.05 Å². The Hall–Kier alpha value is -2.40. The van der Waals surface area contributed by atoms with Crippen molar-refractivity contribution in [3.8, 4) is 0 Å². The fraction of sp³-hybridized carbons (Fsp3) is 0.294. The van der Waals surface area contributed by atoms with Crippen LogP contribution in [0.5, 0.6) is 0 Å². The fourth-order valence-corrected chi connectivity index (χ4v) is 2.95. The molecular weight excluding hydrogens is 274 g/mol. The maximum absolute atomic E-state index is 4.66. The minimum absolute atomic E-state index is 0.774. The first-order valence-corrected chi connectivity index (χ1v) is 7.64. The Morgan fingerprint density at radius 2 is 1.91 bits per heavy atom. The quantitative estimate of drug-likeness (QED) is 0.777. The number of allylic oxidation sites excluding steroid dienone is 1. The van der Waals surface area contributed by atoms with Crippen molar-refractivity contribution in [2.24, 2.45) is 0 Å². The summed E-state index contributed by atoms with van der Waals surface area (Å²) in [7, 11) is 2.09. The summed E-state index contributed by atoms with van der Waals surface area (Å²) in [6, 6.07) is 8.12. The Labute approximate surface area is 129 Å². The van der Waals surface area contributed by atoms with Crippen molar-refractivity contribution in [1.82, 2.24) is 24.8 Å². The molecule has 0 amide bonds. The molecular formula is C17H19N5. The van der Waals surface area contributed by atoms with Crippen molar-refractivity contribution in [3.05, 3.63) is 53.4 Å². The van der Waals surface area contributed by atoms with Gasteiger partial charge in [-0.2, -0.15) is 0 Å². The Balaban J connectivity index is 1.46. The highest BCUT2D eigenvalue weighted by atomic mass is 15.1. The first kappa shape index (κ1) is 13.3. The van der Waals surface area contributed by atoms with Crippen LogP contribution in [0.15, 0.2) is 30.3 Å². The molecule has 0 unspecified atom stereocenters. The van der Waals surface area contributed by atoms with Crippen LogP contribution in [-0.2, 0) is 19.5 Å². The second-order valence-corrected chi connectivity index (χ2v) is 5.86. The molecule has 5 heteroatoms. The standard InChI is InChI=1S/C17H19N5/c1-22(10-16-18-12-6-2-3-7-13(12)19-16)11-17-20-14-8-4-5-9-15(14)21-17/h2-4,6-8H,5,9-11H2,1H3,(H,18,19)(H,20,21). The zero-order chi connectivity index (χ0) is 14.9. The van der Waals surface area contributed by atoms with Crippen LogP contribution < -0.4 is 0 Å². The SMILES string of the molecule is CN(Cc1nc2c([nH]1)CCC=C2)Cc1nc2ccccc2[nH]1. The lowest BCUT2D eigenvalue weighted by Gasteiger charge is -2.13.